The molecule has 0 bridgehead atoms. The molecule has 0 radical (unpaired) electrons. The van der Waals surface area contributed by atoms with Gasteiger partial charge in [0.1, 0.15) is 5.75 Å². The number of carbonyl (C=O) groups excluding carboxylic acids is 1. The zero-order valence-corrected chi connectivity index (χ0v) is 12.3. The fourth-order valence-electron chi connectivity index (χ4n) is 1.65. The number of Topliss-reactive ketones (excluding diaryl/α,β-unsaturated/α-hetero) is 1. The summed E-state index contributed by atoms with van der Waals surface area (Å²) in [6.45, 7) is 1.41. The number of halogens is 2. The molecule has 0 fully saturated rings. The second-order valence-electron chi connectivity index (χ2n) is 4.15. The summed E-state index contributed by atoms with van der Waals surface area (Å²) in [7, 11) is 0. The second-order valence-corrected chi connectivity index (χ2v) is 4.96. The van der Waals surface area contributed by atoms with Crippen LogP contribution in [0.2, 0.25) is 10.0 Å². The number of rotatable bonds is 4. The average Bonchev–Trinajstić information content (AvgIpc) is 2.42. The fraction of sp³-hybridized carbons (Fsp3) is 0.0714. The van der Waals surface area contributed by atoms with Crippen LogP contribution in [0.1, 0.15) is 17.3 Å². The number of carbonyl (C=O) groups is 1. The van der Waals surface area contributed by atoms with Crippen LogP contribution in [-0.4, -0.2) is 10.7 Å². The summed E-state index contributed by atoms with van der Waals surface area (Å²) in [5.41, 5.74) is 0.148. The molecule has 2 aromatic carbocycles. The van der Waals surface area contributed by atoms with Gasteiger partial charge in [-0.1, -0.05) is 29.3 Å². The van der Waals surface area contributed by atoms with Crippen molar-refractivity contribution in [1.82, 2.24) is 0 Å². The Morgan fingerprint density at radius 1 is 1.19 bits per heavy atom. The van der Waals surface area contributed by atoms with Crippen molar-refractivity contribution in [2.45, 2.75) is 6.92 Å². The Balaban J connectivity index is 2.44. The van der Waals surface area contributed by atoms with E-state index in [1.54, 1.807) is 0 Å². The number of ether oxygens (including phenoxy) is 1. The van der Waals surface area contributed by atoms with Crippen LogP contribution < -0.4 is 4.74 Å². The van der Waals surface area contributed by atoms with Crippen LogP contribution in [0.3, 0.4) is 0 Å². The number of ketones is 1. The summed E-state index contributed by atoms with van der Waals surface area (Å²) in [5.74, 6) is -0.0633. The van der Waals surface area contributed by atoms with E-state index in [1.165, 1.54) is 43.3 Å². The van der Waals surface area contributed by atoms with Crippen molar-refractivity contribution in [1.29, 1.82) is 0 Å². The summed E-state index contributed by atoms with van der Waals surface area (Å²) in [5, 5.41) is 11.2. The molecular formula is C14H9Cl2NO4. The van der Waals surface area contributed by atoms with E-state index in [-0.39, 0.29) is 33.0 Å². The topological polar surface area (TPSA) is 69.4 Å². The van der Waals surface area contributed by atoms with Crippen molar-refractivity contribution in [2.24, 2.45) is 0 Å². The van der Waals surface area contributed by atoms with Crippen molar-refractivity contribution in [3.63, 3.8) is 0 Å². The predicted molar refractivity (Wildman–Crippen MR) is 79.6 cm³/mol. The molecule has 0 saturated heterocycles. The van der Waals surface area contributed by atoms with Gasteiger partial charge in [-0.05, 0) is 31.2 Å². The van der Waals surface area contributed by atoms with Crippen LogP contribution in [0.4, 0.5) is 5.69 Å². The van der Waals surface area contributed by atoms with Gasteiger partial charge in [0.15, 0.2) is 5.78 Å². The molecule has 0 aliphatic rings. The zero-order chi connectivity index (χ0) is 15.6. The molecule has 0 unspecified atom stereocenters. The van der Waals surface area contributed by atoms with Crippen molar-refractivity contribution in [3.8, 4) is 11.5 Å². The third-order valence-corrected chi connectivity index (χ3v) is 3.29. The number of nitrogens with zero attached hydrogens (tertiary/aromatic N) is 1. The molecule has 0 atom stereocenters. The summed E-state index contributed by atoms with van der Waals surface area (Å²) < 4.78 is 5.45. The highest BCUT2D eigenvalue weighted by Crippen LogP contribution is 2.40. The Morgan fingerprint density at radius 2 is 1.90 bits per heavy atom. The number of nitro groups is 1. The van der Waals surface area contributed by atoms with E-state index in [2.05, 4.69) is 0 Å². The molecular weight excluding hydrogens is 317 g/mol. The minimum absolute atomic E-state index is 0.0934. The minimum Gasteiger partial charge on any atom is -0.447 e. The predicted octanol–water partition coefficient (Wildman–Crippen LogP) is 4.90. The zero-order valence-electron chi connectivity index (χ0n) is 10.8. The molecule has 21 heavy (non-hydrogen) atoms. The van der Waals surface area contributed by atoms with E-state index >= 15 is 0 Å². The van der Waals surface area contributed by atoms with Crippen LogP contribution >= 0.6 is 23.2 Å². The number of hydrogen-bond acceptors (Lipinski definition) is 4. The number of benzene rings is 2. The number of para-hydroxylation sites is 1. The molecule has 108 valence electrons. The Kier molecular flexibility index (Phi) is 4.45. The van der Waals surface area contributed by atoms with Gasteiger partial charge in [-0.25, -0.2) is 0 Å². The highest BCUT2D eigenvalue weighted by molar-refractivity contribution is 6.33. The summed E-state index contributed by atoms with van der Waals surface area (Å²) >= 11 is 11.9. The highest BCUT2D eigenvalue weighted by Gasteiger charge is 2.20. The van der Waals surface area contributed by atoms with E-state index in [1.807, 2.05) is 0 Å². The van der Waals surface area contributed by atoms with Crippen molar-refractivity contribution >= 4 is 34.7 Å². The van der Waals surface area contributed by atoms with E-state index in [9.17, 15) is 14.9 Å². The SMILES string of the molecule is CC(=O)c1ccc(Oc2c(Cl)cccc2[N+](=O)[O-])c(Cl)c1. The molecule has 0 spiro atoms. The molecule has 0 amide bonds. The highest BCUT2D eigenvalue weighted by atomic mass is 35.5. The normalized spacial score (nSPS) is 10.2. The molecule has 0 heterocycles. The first-order chi connectivity index (χ1) is 9.90. The van der Waals surface area contributed by atoms with E-state index in [0.29, 0.717) is 5.56 Å². The first-order valence-electron chi connectivity index (χ1n) is 5.81. The molecule has 2 rings (SSSR count). The number of hydrogen-bond donors (Lipinski definition) is 0. The molecule has 7 heteroatoms. The second kappa shape index (κ2) is 6.11. The van der Waals surface area contributed by atoms with Crippen LogP contribution in [0, 0.1) is 10.1 Å². The van der Waals surface area contributed by atoms with E-state index in [0.717, 1.165) is 0 Å². The van der Waals surface area contributed by atoms with Crippen molar-refractivity contribution in [2.75, 3.05) is 0 Å². The Bertz CT molecular complexity index is 731. The fourth-order valence-corrected chi connectivity index (χ4v) is 2.08. The molecule has 0 aliphatic heterocycles. The molecule has 2 aromatic rings. The average molecular weight is 326 g/mol. The van der Waals surface area contributed by atoms with E-state index in [4.69, 9.17) is 27.9 Å². The third kappa shape index (κ3) is 3.32. The molecule has 0 aliphatic carbocycles. The lowest BCUT2D eigenvalue weighted by Crippen LogP contribution is -1.96. The maximum Gasteiger partial charge on any atom is 0.313 e. The van der Waals surface area contributed by atoms with Gasteiger partial charge in [0.05, 0.1) is 15.0 Å². The molecule has 0 saturated carbocycles. The Morgan fingerprint density at radius 3 is 2.48 bits per heavy atom. The first kappa shape index (κ1) is 15.3. The van der Waals surface area contributed by atoms with E-state index < -0.39 is 4.92 Å². The maximum absolute atomic E-state index is 11.3. The summed E-state index contributed by atoms with van der Waals surface area (Å²) in [6, 6.07) is 8.62. The van der Waals surface area contributed by atoms with Gasteiger partial charge in [-0.15, -0.1) is 0 Å². The first-order valence-corrected chi connectivity index (χ1v) is 6.57. The Hall–Kier alpha value is -2.11. The molecule has 5 nitrogen and oxygen atoms in total. The maximum atomic E-state index is 11.3. The van der Waals surface area contributed by atoms with Gasteiger partial charge in [0.25, 0.3) is 0 Å². The van der Waals surface area contributed by atoms with Gasteiger partial charge in [0, 0.05) is 11.6 Å². The molecule has 0 aromatic heterocycles. The van der Waals surface area contributed by atoms with Crippen LogP contribution in [0.25, 0.3) is 0 Å². The van der Waals surface area contributed by atoms with Gasteiger partial charge < -0.3 is 4.74 Å². The Labute approximate surface area is 130 Å². The van der Waals surface area contributed by atoms with Crippen LogP contribution in [-0.2, 0) is 0 Å². The van der Waals surface area contributed by atoms with Gasteiger partial charge in [-0.2, -0.15) is 0 Å². The third-order valence-electron chi connectivity index (χ3n) is 2.69. The monoisotopic (exact) mass is 325 g/mol. The summed E-state index contributed by atoms with van der Waals surface area (Å²) in [6.07, 6.45) is 0. The van der Waals surface area contributed by atoms with Crippen molar-refractivity contribution < 1.29 is 14.5 Å². The van der Waals surface area contributed by atoms with Gasteiger partial charge in [0.2, 0.25) is 5.75 Å². The van der Waals surface area contributed by atoms with Crippen LogP contribution in [0.15, 0.2) is 36.4 Å². The number of nitro benzene ring substituents is 1. The van der Waals surface area contributed by atoms with Gasteiger partial charge in [-0.3, -0.25) is 14.9 Å². The smallest absolute Gasteiger partial charge is 0.313 e. The summed E-state index contributed by atoms with van der Waals surface area (Å²) in [4.78, 5) is 21.6. The van der Waals surface area contributed by atoms with Crippen molar-refractivity contribution in [3.05, 3.63) is 62.1 Å². The van der Waals surface area contributed by atoms with Crippen LogP contribution in [0.5, 0.6) is 11.5 Å². The lowest BCUT2D eigenvalue weighted by molar-refractivity contribution is -0.385. The quantitative estimate of drug-likeness (QED) is 0.455. The standard InChI is InChI=1S/C14H9Cl2NO4/c1-8(18)9-5-6-13(11(16)7-9)21-14-10(15)3-2-4-12(14)17(19)20/h2-7H,1H3. The van der Waals surface area contributed by atoms with Gasteiger partial charge >= 0.3 is 5.69 Å². The largest absolute Gasteiger partial charge is 0.447 e. The lowest BCUT2D eigenvalue weighted by Gasteiger charge is -2.10. The lowest BCUT2D eigenvalue weighted by atomic mass is 10.1. The molecule has 0 N–H and O–H groups in total. The minimum atomic E-state index is -0.598.